The maximum absolute atomic E-state index is 11.2. The minimum absolute atomic E-state index is 0.0282. The topological polar surface area (TPSA) is 89.2 Å². The maximum Gasteiger partial charge on any atom is 0.305 e. The molecule has 8 heteroatoms. The van der Waals surface area contributed by atoms with Gasteiger partial charge in [-0.15, -0.1) is 0 Å². The lowest BCUT2D eigenvalue weighted by Gasteiger charge is -2.45. The van der Waals surface area contributed by atoms with Crippen LogP contribution in [0.5, 0.6) is 0 Å². The average molecular weight is 602 g/mol. The van der Waals surface area contributed by atoms with Gasteiger partial charge in [0.05, 0.1) is 38.1 Å². The Morgan fingerprint density at radius 1 is 0.912 bits per heavy atom. The highest BCUT2D eigenvalue weighted by molar-refractivity contribution is 14.1. The molecular formula is C26H52INO6. The molecule has 4 atom stereocenters. The van der Waals surface area contributed by atoms with Gasteiger partial charge in [0.1, 0.15) is 16.4 Å². The van der Waals surface area contributed by atoms with Crippen LogP contribution >= 0.6 is 22.6 Å². The Labute approximate surface area is 222 Å². The molecule has 0 fully saturated rings. The molecule has 0 aliphatic rings. The molecule has 0 radical (unpaired) electrons. The van der Waals surface area contributed by atoms with E-state index in [2.05, 4.69) is 71.1 Å². The molecule has 0 aliphatic heterocycles. The van der Waals surface area contributed by atoms with E-state index in [1.54, 1.807) is 6.92 Å². The van der Waals surface area contributed by atoms with Gasteiger partial charge in [-0.2, -0.15) is 0 Å². The van der Waals surface area contributed by atoms with Gasteiger partial charge in [-0.05, 0) is 69.5 Å². The molecule has 0 aromatic rings. The van der Waals surface area contributed by atoms with Crippen LogP contribution in [0.1, 0.15) is 89.0 Å². The summed E-state index contributed by atoms with van der Waals surface area (Å²) < 4.78 is 28.9. The Morgan fingerprint density at radius 2 is 1.50 bits per heavy atom. The smallest absolute Gasteiger partial charge is 0.305 e. The maximum atomic E-state index is 11.2. The Bertz CT molecular complexity index is 592. The normalized spacial score (nSPS) is 17.7. The van der Waals surface area contributed by atoms with Crippen molar-refractivity contribution in [2.45, 2.75) is 111 Å². The quantitative estimate of drug-likeness (QED) is 0.0708. The highest BCUT2D eigenvalue weighted by Crippen LogP contribution is 2.46. The highest BCUT2D eigenvalue weighted by atomic mass is 127. The highest BCUT2D eigenvalue weighted by Gasteiger charge is 2.44. The van der Waals surface area contributed by atoms with Gasteiger partial charge in [-0.3, -0.25) is 4.79 Å². The second-order valence-corrected chi connectivity index (χ2v) is 13.4. The zero-order valence-electron chi connectivity index (χ0n) is 23.6. The molecule has 0 aliphatic carbocycles. The number of carbonyl (C=O) groups is 1. The third kappa shape index (κ3) is 12.3. The Morgan fingerprint density at radius 3 is 2.03 bits per heavy atom. The van der Waals surface area contributed by atoms with Crippen LogP contribution in [0.2, 0.25) is 0 Å². The summed E-state index contributed by atoms with van der Waals surface area (Å²) in [6.45, 7) is 25.2. The second-order valence-electron chi connectivity index (χ2n) is 11.3. The molecule has 0 rings (SSSR count). The number of esters is 1. The lowest BCUT2D eigenvalue weighted by molar-refractivity contribution is -0.147. The number of ether oxygens (including phenoxy) is 5. The Hall–Kier alpha value is -0.000000000000000125. The third-order valence-corrected chi connectivity index (χ3v) is 8.70. The van der Waals surface area contributed by atoms with E-state index in [1.165, 1.54) is 0 Å². The molecule has 34 heavy (non-hydrogen) atoms. The van der Waals surface area contributed by atoms with Gasteiger partial charge < -0.3 is 29.4 Å². The first-order valence-corrected chi connectivity index (χ1v) is 13.6. The third-order valence-electron chi connectivity index (χ3n) is 7.00. The molecule has 0 aromatic carbocycles. The van der Waals surface area contributed by atoms with E-state index in [4.69, 9.17) is 29.4 Å². The van der Waals surface area contributed by atoms with Crippen molar-refractivity contribution < 1.29 is 28.5 Å². The van der Waals surface area contributed by atoms with Gasteiger partial charge >= 0.3 is 5.97 Å². The predicted molar refractivity (Wildman–Crippen MR) is 146 cm³/mol. The molecule has 0 amide bonds. The van der Waals surface area contributed by atoms with Gasteiger partial charge in [0, 0.05) is 17.3 Å². The molecule has 204 valence electrons. The van der Waals surface area contributed by atoms with Crippen molar-refractivity contribution in [3.63, 3.8) is 0 Å². The largest absolute Gasteiger partial charge is 0.463 e. The number of halogens is 1. The van der Waals surface area contributed by atoms with Crippen molar-refractivity contribution >= 4 is 28.6 Å². The molecule has 0 heterocycles. The van der Waals surface area contributed by atoms with Crippen LogP contribution in [-0.4, -0.2) is 60.5 Å². The van der Waals surface area contributed by atoms with Crippen LogP contribution in [-0.2, 0) is 28.5 Å². The van der Waals surface area contributed by atoms with E-state index in [0.29, 0.717) is 32.8 Å². The fourth-order valence-electron chi connectivity index (χ4n) is 2.95. The Kier molecular flexibility index (Phi) is 14.7. The first-order valence-electron chi connectivity index (χ1n) is 12.5. The molecule has 0 bridgehead atoms. The molecule has 0 aromatic heterocycles. The summed E-state index contributed by atoms with van der Waals surface area (Å²) in [7, 11) is 0. The summed E-state index contributed by atoms with van der Waals surface area (Å²) in [5.41, 5.74) is 5.09. The SMILES string of the molecule is CCC(=O)OCCOC(C)(C)CCOC(C)(I)C(C)(C)C(C)COC(C)C(C)(C)COC(C)N. The van der Waals surface area contributed by atoms with Crippen molar-refractivity contribution in [3.8, 4) is 0 Å². The number of hydrogen-bond donors (Lipinski definition) is 1. The minimum atomic E-state index is -0.392. The van der Waals surface area contributed by atoms with Crippen LogP contribution in [0.4, 0.5) is 0 Å². The van der Waals surface area contributed by atoms with E-state index in [-0.39, 0.29) is 47.3 Å². The van der Waals surface area contributed by atoms with Crippen LogP contribution < -0.4 is 5.73 Å². The second kappa shape index (κ2) is 14.7. The molecule has 4 unspecified atom stereocenters. The number of nitrogens with two attached hydrogens (primary N) is 1. The number of hydrogen-bond acceptors (Lipinski definition) is 7. The number of rotatable bonds is 18. The summed E-state index contributed by atoms with van der Waals surface area (Å²) in [5, 5.41) is 0. The summed E-state index contributed by atoms with van der Waals surface area (Å²) in [5.74, 6) is 0.0571. The summed E-state index contributed by atoms with van der Waals surface area (Å²) in [4.78, 5) is 11.2. The average Bonchev–Trinajstić information content (AvgIpc) is 2.72. The van der Waals surface area contributed by atoms with E-state index < -0.39 is 3.61 Å². The van der Waals surface area contributed by atoms with Crippen molar-refractivity contribution in [1.82, 2.24) is 0 Å². The van der Waals surface area contributed by atoms with Crippen molar-refractivity contribution in [2.75, 3.05) is 33.0 Å². The van der Waals surface area contributed by atoms with E-state index in [0.717, 1.165) is 6.42 Å². The van der Waals surface area contributed by atoms with Gasteiger partial charge in [0.25, 0.3) is 0 Å². The number of alkyl halides is 1. The van der Waals surface area contributed by atoms with E-state index >= 15 is 0 Å². The van der Waals surface area contributed by atoms with E-state index in [1.807, 2.05) is 20.8 Å². The van der Waals surface area contributed by atoms with Crippen LogP contribution in [0.15, 0.2) is 0 Å². The van der Waals surface area contributed by atoms with Crippen LogP contribution in [0, 0.1) is 16.7 Å². The first kappa shape index (κ1) is 34.0. The zero-order valence-corrected chi connectivity index (χ0v) is 25.7. The van der Waals surface area contributed by atoms with Crippen molar-refractivity contribution in [2.24, 2.45) is 22.5 Å². The van der Waals surface area contributed by atoms with Crippen molar-refractivity contribution in [1.29, 1.82) is 0 Å². The van der Waals surface area contributed by atoms with Crippen LogP contribution in [0.3, 0.4) is 0 Å². The van der Waals surface area contributed by atoms with Gasteiger partial charge in [0.2, 0.25) is 0 Å². The molecular weight excluding hydrogens is 549 g/mol. The fourth-order valence-corrected chi connectivity index (χ4v) is 3.70. The lowest BCUT2D eigenvalue weighted by atomic mass is 9.76. The molecule has 0 saturated carbocycles. The number of carbonyl (C=O) groups excluding carboxylic acids is 1. The summed E-state index contributed by atoms with van der Waals surface area (Å²) in [6, 6.07) is 0. The van der Waals surface area contributed by atoms with Gasteiger partial charge in [0.15, 0.2) is 0 Å². The summed E-state index contributed by atoms with van der Waals surface area (Å²) >= 11 is 2.42. The van der Waals surface area contributed by atoms with Gasteiger partial charge in [-0.1, -0.05) is 41.5 Å². The van der Waals surface area contributed by atoms with Gasteiger partial charge in [-0.25, -0.2) is 0 Å². The molecule has 0 spiro atoms. The molecule has 7 nitrogen and oxygen atoms in total. The predicted octanol–water partition coefficient (Wildman–Crippen LogP) is 5.71. The van der Waals surface area contributed by atoms with Crippen LogP contribution in [0.25, 0.3) is 0 Å². The standard InChI is InChI=1S/C26H52INO6/c1-12-22(29)30-15-16-33-24(7,8)13-14-34-26(11,27)25(9,10)19(2)17-31-20(3)23(5,6)18-32-21(4)28/h19-21H,12-18,28H2,1-11H3. The first-order chi connectivity index (χ1) is 15.4. The molecule has 0 saturated heterocycles. The van der Waals surface area contributed by atoms with Crippen molar-refractivity contribution in [3.05, 3.63) is 0 Å². The molecule has 2 N–H and O–H groups in total. The van der Waals surface area contributed by atoms with E-state index in [9.17, 15) is 4.79 Å². The monoisotopic (exact) mass is 601 g/mol. The fraction of sp³-hybridized carbons (Fsp3) is 0.962. The minimum Gasteiger partial charge on any atom is -0.463 e. The lowest BCUT2D eigenvalue weighted by Crippen LogP contribution is -2.46. The summed E-state index contributed by atoms with van der Waals surface area (Å²) in [6.07, 6.45) is 0.859. The zero-order chi connectivity index (χ0) is 26.8. The Balaban J connectivity index is 4.67.